The van der Waals surface area contributed by atoms with Crippen LogP contribution in [0.25, 0.3) is 0 Å². The van der Waals surface area contributed by atoms with Gasteiger partial charge in [0.25, 0.3) is 0 Å². The summed E-state index contributed by atoms with van der Waals surface area (Å²) >= 11 is 1.74. The zero-order valence-corrected chi connectivity index (χ0v) is 22.1. The number of aliphatic imine (C=N–C) groups is 1. The van der Waals surface area contributed by atoms with Gasteiger partial charge in [-0.25, -0.2) is 4.98 Å². The number of benzene rings is 1. The third-order valence-electron chi connectivity index (χ3n) is 5.19. The van der Waals surface area contributed by atoms with E-state index in [0.717, 1.165) is 61.3 Å². The summed E-state index contributed by atoms with van der Waals surface area (Å²) in [6, 6.07) is 6.34. The number of ether oxygens (including phenoxy) is 2. The van der Waals surface area contributed by atoms with Crippen molar-refractivity contribution in [2.24, 2.45) is 4.99 Å². The predicted molar refractivity (Wildman–Crippen MR) is 140 cm³/mol. The summed E-state index contributed by atoms with van der Waals surface area (Å²) in [6.45, 7) is 7.05. The zero-order chi connectivity index (χ0) is 21.5. The van der Waals surface area contributed by atoms with Gasteiger partial charge in [-0.1, -0.05) is 13.8 Å². The smallest absolute Gasteiger partial charge is 0.191 e. The first-order chi connectivity index (χ1) is 14.5. The summed E-state index contributed by atoms with van der Waals surface area (Å²) in [5, 5.41) is 10.3. The van der Waals surface area contributed by atoms with Crippen molar-refractivity contribution in [1.29, 1.82) is 0 Å². The van der Waals surface area contributed by atoms with Crippen LogP contribution in [0.1, 0.15) is 36.9 Å². The molecule has 1 aliphatic heterocycles. The van der Waals surface area contributed by atoms with Gasteiger partial charge in [-0.2, -0.15) is 0 Å². The van der Waals surface area contributed by atoms with E-state index in [9.17, 15) is 0 Å². The molecule has 1 aromatic carbocycles. The molecule has 0 spiro atoms. The molecule has 31 heavy (non-hydrogen) atoms. The van der Waals surface area contributed by atoms with Crippen LogP contribution in [0.5, 0.6) is 11.5 Å². The molecule has 0 bridgehead atoms. The standard InChI is InChI=1S/C22H33N5O2S.HI/c1-15(2)21-25-17(14-30-21)6-8-24-22(23-3)26-16-7-9-27(13-16)18-10-19(28-4)12-20(11-18)29-5;/h10-12,14-16H,6-9,13H2,1-5H3,(H2,23,24,26);1H. The maximum atomic E-state index is 5.41. The molecule has 9 heteroatoms. The lowest BCUT2D eigenvalue weighted by molar-refractivity contribution is 0.394. The first-order valence-corrected chi connectivity index (χ1v) is 11.3. The average Bonchev–Trinajstić information content (AvgIpc) is 3.42. The third-order valence-corrected chi connectivity index (χ3v) is 6.39. The van der Waals surface area contributed by atoms with Gasteiger partial charge in [0.05, 0.1) is 24.9 Å². The lowest BCUT2D eigenvalue weighted by Gasteiger charge is -2.21. The summed E-state index contributed by atoms with van der Waals surface area (Å²) in [6.07, 6.45) is 1.94. The fourth-order valence-corrected chi connectivity index (χ4v) is 4.36. The van der Waals surface area contributed by atoms with E-state index in [0.29, 0.717) is 12.0 Å². The first-order valence-electron chi connectivity index (χ1n) is 10.4. The van der Waals surface area contributed by atoms with Crippen LogP contribution in [-0.4, -0.2) is 57.9 Å². The van der Waals surface area contributed by atoms with Gasteiger partial charge in [0.15, 0.2) is 5.96 Å². The van der Waals surface area contributed by atoms with E-state index in [1.165, 1.54) is 5.01 Å². The van der Waals surface area contributed by atoms with Gasteiger partial charge in [-0.15, -0.1) is 35.3 Å². The Bertz CT molecular complexity index is 836. The molecule has 0 aliphatic carbocycles. The average molecular weight is 560 g/mol. The van der Waals surface area contributed by atoms with E-state index in [1.807, 2.05) is 13.1 Å². The van der Waals surface area contributed by atoms with Crippen LogP contribution < -0.4 is 25.0 Å². The number of halogens is 1. The number of nitrogens with one attached hydrogen (secondary N) is 2. The summed E-state index contributed by atoms with van der Waals surface area (Å²) in [4.78, 5) is 11.4. The van der Waals surface area contributed by atoms with Crippen molar-refractivity contribution in [2.45, 2.75) is 38.6 Å². The number of hydrogen-bond donors (Lipinski definition) is 2. The maximum Gasteiger partial charge on any atom is 0.191 e. The van der Waals surface area contributed by atoms with Crippen LogP contribution in [0.2, 0.25) is 0 Å². The van der Waals surface area contributed by atoms with Gasteiger partial charge < -0.3 is 25.0 Å². The van der Waals surface area contributed by atoms with E-state index in [2.05, 4.69) is 51.9 Å². The van der Waals surface area contributed by atoms with Gasteiger partial charge in [0.2, 0.25) is 0 Å². The molecular weight excluding hydrogens is 525 g/mol. The molecule has 0 amide bonds. The van der Waals surface area contributed by atoms with Crippen molar-refractivity contribution in [3.63, 3.8) is 0 Å². The SMILES string of the molecule is CN=C(NCCc1csc(C(C)C)n1)NC1CCN(c2cc(OC)cc(OC)c2)C1.I. The molecule has 1 fully saturated rings. The van der Waals surface area contributed by atoms with E-state index in [-0.39, 0.29) is 24.0 Å². The number of aromatic nitrogens is 1. The predicted octanol–water partition coefficient (Wildman–Crippen LogP) is 3.89. The number of rotatable bonds is 8. The van der Waals surface area contributed by atoms with Crippen molar-refractivity contribution >= 4 is 47.0 Å². The van der Waals surface area contributed by atoms with Crippen LogP contribution in [0.4, 0.5) is 5.69 Å². The second-order valence-electron chi connectivity index (χ2n) is 7.73. The Morgan fingerprint density at radius 1 is 1.26 bits per heavy atom. The van der Waals surface area contributed by atoms with Crippen LogP contribution in [0.15, 0.2) is 28.6 Å². The normalized spacial score (nSPS) is 16.3. The minimum atomic E-state index is 0. The molecule has 1 aromatic heterocycles. The quantitative estimate of drug-likeness (QED) is 0.291. The number of guanidine groups is 1. The molecule has 2 N–H and O–H groups in total. The number of methoxy groups -OCH3 is 2. The van der Waals surface area contributed by atoms with Gasteiger partial charge in [0.1, 0.15) is 11.5 Å². The Balaban J connectivity index is 0.00000341. The summed E-state index contributed by atoms with van der Waals surface area (Å²) < 4.78 is 10.8. The van der Waals surface area contributed by atoms with Gasteiger partial charge in [0, 0.05) is 74.3 Å². The number of hydrogen-bond acceptors (Lipinski definition) is 6. The molecule has 1 aliphatic rings. The molecule has 1 atom stereocenters. The molecule has 2 heterocycles. The number of nitrogens with zero attached hydrogens (tertiary/aromatic N) is 3. The molecule has 0 radical (unpaired) electrons. The second-order valence-corrected chi connectivity index (χ2v) is 8.62. The van der Waals surface area contributed by atoms with Gasteiger partial charge in [-0.05, 0) is 6.42 Å². The van der Waals surface area contributed by atoms with Gasteiger partial charge >= 0.3 is 0 Å². The van der Waals surface area contributed by atoms with Crippen LogP contribution in [0, 0.1) is 0 Å². The summed E-state index contributed by atoms with van der Waals surface area (Å²) in [5.41, 5.74) is 2.26. The minimum absolute atomic E-state index is 0. The Hall–Kier alpha value is -1.75. The molecule has 1 unspecified atom stereocenters. The Morgan fingerprint density at radius 3 is 2.55 bits per heavy atom. The van der Waals surface area contributed by atoms with Crippen molar-refractivity contribution in [3.05, 3.63) is 34.3 Å². The number of thiazole rings is 1. The zero-order valence-electron chi connectivity index (χ0n) is 19.0. The second kappa shape index (κ2) is 12.3. The third kappa shape index (κ3) is 7.13. The van der Waals surface area contributed by atoms with Crippen molar-refractivity contribution < 1.29 is 9.47 Å². The Kier molecular flexibility index (Phi) is 10.1. The molecular formula is C22H34IN5O2S. The molecule has 7 nitrogen and oxygen atoms in total. The highest BCUT2D eigenvalue weighted by molar-refractivity contribution is 14.0. The highest BCUT2D eigenvalue weighted by atomic mass is 127. The number of anilines is 1. The lowest BCUT2D eigenvalue weighted by Crippen LogP contribution is -2.45. The molecule has 1 saturated heterocycles. The van der Waals surface area contributed by atoms with Crippen molar-refractivity contribution in [1.82, 2.24) is 15.6 Å². The minimum Gasteiger partial charge on any atom is -0.497 e. The summed E-state index contributed by atoms with van der Waals surface area (Å²) in [5.74, 6) is 2.94. The molecule has 2 aromatic rings. The van der Waals surface area contributed by atoms with Crippen molar-refractivity contribution in [3.8, 4) is 11.5 Å². The Morgan fingerprint density at radius 2 is 1.97 bits per heavy atom. The maximum absolute atomic E-state index is 5.41. The van der Waals surface area contributed by atoms with E-state index < -0.39 is 0 Å². The monoisotopic (exact) mass is 559 g/mol. The largest absolute Gasteiger partial charge is 0.497 e. The van der Waals surface area contributed by atoms with E-state index >= 15 is 0 Å². The van der Waals surface area contributed by atoms with Crippen LogP contribution >= 0.6 is 35.3 Å². The highest BCUT2D eigenvalue weighted by Gasteiger charge is 2.24. The van der Waals surface area contributed by atoms with E-state index in [1.54, 1.807) is 25.6 Å². The van der Waals surface area contributed by atoms with Crippen molar-refractivity contribution in [2.75, 3.05) is 45.8 Å². The van der Waals surface area contributed by atoms with Crippen LogP contribution in [-0.2, 0) is 6.42 Å². The molecule has 172 valence electrons. The lowest BCUT2D eigenvalue weighted by atomic mass is 10.2. The first kappa shape index (κ1) is 25.5. The topological polar surface area (TPSA) is 71.0 Å². The fraction of sp³-hybridized carbons (Fsp3) is 0.545. The van der Waals surface area contributed by atoms with Crippen LogP contribution in [0.3, 0.4) is 0 Å². The Labute approximate surface area is 206 Å². The highest BCUT2D eigenvalue weighted by Crippen LogP contribution is 2.30. The molecule has 3 rings (SSSR count). The molecule has 0 saturated carbocycles. The van der Waals surface area contributed by atoms with Gasteiger partial charge in [-0.3, -0.25) is 4.99 Å². The fourth-order valence-electron chi connectivity index (χ4n) is 3.49. The van der Waals surface area contributed by atoms with E-state index in [4.69, 9.17) is 14.5 Å². The summed E-state index contributed by atoms with van der Waals surface area (Å²) in [7, 11) is 5.17.